The summed E-state index contributed by atoms with van der Waals surface area (Å²) >= 11 is 3.34. The van der Waals surface area contributed by atoms with E-state index in [1.165, 1.54) is 6.26 Å². The Morgan fingerprint density at radius 1 is 1.23 bits per heavy atom. The smallest absolute Gasteiger partial charge is 0.321 e. The summed E-state index contributed by atoms with van der Waals surface area (Å²) in [6.07, 6.45) is 1.20. The van der Waals surface area contributed by atoms with Gasteiger partial charge < -0.3 is 4.74 Å². The van der Waals surface area contributed by atoms with Crippen molar-refractivity contribution in [1.82, 2.24) is 0 Å². The van der Waals surface area contributed by atoms with Crippen molar-refractivity contribution < 1.29 is 17.9 Å². The minimum atomic E-state index is -3.32. The summed E-state index contributed by atoms with van der Waals surface area (Å²) in [5.41, 5.74) is 0.751. The first-order valence-corrected chi connectivity index (χ1v) is 9.76. The van der Waals surface area contributed by atoms with E-state index in [2.05, 4.69) is 15.9 Å². The fourth-order valence-electron chi connectivity index (χ4n) is 2.89. The van der Waals surface area contributed by atoms with Crippen LogP contribution in [-0.4, -0.2) is 20.6 Å². The molecule has 1 aliphatic heterocycles. The molecule has 0 spiro atoms. The molecule has 22 heavy (non-hydrogen) atoms. The fourth-order valence-corrected chi connectivity index (χ4v) is 4.48. The third kappa shape index (κ3) is 2.16. The Balaban J connectivity index is 2.42. The van der Waals surface area contributed by atoms with Gasteiger partial charge in [-0.25, -0.2) is 8.42 Å². The predicted octanol–water partition coefficient (Wildman–Crippen LogP) is 3.33. The average molecular weight is 383 g/mol. The molecule has 0 bridgehead atoms. The molecule has 0 atom stereocenters. The van der Waals surface area contributed by atoms with Crippen LogP contribution in [0.2, 0.25) is 0 Å². The second-order valence-electron chi connectivity index (χ2n) is 6.04. The quantitative estimate of drug-likeness (QED) is 0.454. The van der Waals surface area contributed by atoms with Crippen LogP contribution in [0.25, 0.3) is 10.8 Å². The highest BCUT2D eigenvalue weighted by atomic mass is 79.9. The zero-order chi connectivity index (χ0) is 16.3. The first kappa shape index (κ1) is 15.5. The van der Waals surface area contributed by atoms with Crippen molar-refractivity contribution in [3.63, 3.8) is 0 Å². The number of rotatable bonds is 2. The topological polar surface area (TPSA) is 60.4 Å². The van der Waals surface area contributed by atoms with Gasteiger partial charge in [-0.15, -0.1) is 0 Å². The number of alkyl halides is 1. The fraction of sp³-hybridized carbons (Fsp3) is 0.312. The van der Waals surface area contributed by atoms with Gasteiger partial charge in [0.1, 0.15) is 5.75 Å². The number of hydrogen-bond donors (Lipinski definition) is 0. The lowest BCUT2D eigenvalue weighted by atomic mass is 9.83. The molecule has 116 valence electrons. The Kier molecular flexibility index (Phi) is 3.38. The molecule has 0 radical (unpaired) electrons. The number of halogens is 1. The van der Waals surface area contributed by atoms with Gasteiger partial charge in [-0.2, -0.15) is 0 Å². The number of sulfone groups is 1. The highest BCUT2D eigenvalue weighted by molar-refractivity contribution is 9.08. The van der Waals surface area contributed by atoms with E-state index in [0.29, 0.717) is 21.5 Å². The van der Waals surface area contributed by atoms with Crippen LogP contribution in [0.5, 0.6) is 5.75 Å². The number of fused-ring (bicyclic) bond motifs is 3. The molecule has 2 aromatic rings. The van der Waals surface area contributed by atoms with Crippen LogP contribution in [0, 0.1) is 0 Å². The van der Waals surface area contributed by atoms with E-state index >= 15 is 0 Å². The van der Waals surface area contributed by atoms with Gasteiger partial charge in [-0.3, -0.25) is 4.79 Å². The van der Waals surface area contributed by atoms with Crippen molar-refractivity contribution in [1.29, 1.82) is 0 Å². The largest absolute Gasteiger partial charge is 0.426 e. The molecule has 2 aromatic carbocycles. The van der Waals surface area contributed by atoms with Crippen molar-refractivity contribution in [3.05, 3.63) is 35.4 Å². The van der Waals surface area contributed by atoms with Gasteiger partial charge in [0.2, 0.25) is 0 Å². The molecule has 4 nitrogen and oxygen atoms in total. The maximum Gasteiger partial charge on any atom is 0.321 e. The molecule has 0 saturated heterocycles. The Morgan fingerprint density at radius 3 is 2.50 bits per heavy atom. The van der Waals surface area contributed by atoms with Crippen LogP contribution >= 0.6 is 15.9 Å². The highest BCUT2D eigenvalue weighted by Gasteiger charge is 2.42. The zero-order valence-corrected chi connectivity index (χ0v) is 14.8. The number of ether oxygens (including phenoxy) is 1. The maximum atomic E-state index is 12.0. The molecule has 0 amide bonds. The van der Waals surface area contributed by atoms with Crippen LogP contribution in [0.3, 0.4) is 0 Å². The van der Waals surface area contributed by atoms with Gasteiger partial charge in [0.15, 0.2) is 9.84 Å². The maximum absolute atomic E-state index is 12.0. The molecule has 0 N–H and O–H groups in total. The summed E-state index contributed by atoms with van der Waals surface area (Å²) in [5, 5.41) is 2.06. The molecule has 0 fully saturated rings. The van der Waals surface area contributed by atoms with Crippen LogP contribution in [-0.2, 0) is 25.4 Å². The number of hydrogen-bond acceptors (Lipinski definition) is 4. The Labute approximate surface area is 137 Å². The minimum Gasteiger partial charge on any atom is -0.426 e. The lowest BCUT2D eigenvalue weighted by Crippen LogP contribution is -2.26. The molecular formula is C16H15BrO4S. The number of benzene rings is 2. The van der Waals surface area contributed by atoms with Gasteiger partial charge in [-0.1, -0.05) is 22.0 Å². The third-order valence-electron chi connectivity index (χ3n) is 4.04. The van der Waals surface area contributed by atoms with Crippen molar-refractivity contribution in [2.75, 3.05) is 6.26 Å². The van der Waals surface area contributed by atoms with E-state index in [0.717, 1.165) is 16.3 Å². The van der Waals surface area contributed by atoms with E-state index in [4.69, 9.17) is 4.74 Å². The van der Waals surface area contributed by atoms with E-state index < -0.39 is 15.3 Å². The van der Waals surface area contributed by atoms with E-state index in [1.807, 2.05) is 19.9 Å². The molecule has 6 heteroatoms. The summed E-state index contributed by atoms with van der Waals surface area (Å²) < 4.78 is 29.3. The standard InChI is InChI=1S/C16H15BrO4S/c1-16(2)14-11-6-10(8-17)13(22(3,19)20)7-9(11)4-5-12(14)21-15(16)18/h4-7H,8H2,1-3H3. The van der Waals surface area contributed by atoms with Crippen LogP contribution in [0.15, 0.2) is 29.2 Å². The normalized spacial score (nSPS) is 16.6. The SMILES string of the molecule is CC1(C)C(=O)Oc2ccc3cc(S(C)(=O)=O)c(CBr)cc3c21. The molecule has 0 aliphatic carbocycles. The molecular weight excluding hydrogens is 368 g/mol. The molecule has 0 unspecified atom stereocenters. The van der Waals surface area contributed by atoms with Crippen molar-refractivity contribution in [3.8, 4) is 5.75 Å². The lowest BCUT2D eigenvalue weighted by molar-refractivity contribution is -0.137. The molecule has 0 saturated carbocycles. The minimum absolute atomic E-state index is 0.289. The Bertz CT molecular complexity index is 913. The van der Waals surface area contributed by atoms with Crippen LogP contribution < -0.4 is 4.74 Å². The van der Waals surface area contributed by atoms with Crippen molar-refractivity contribution in [2.45, 2.75) is 29.5 Å². The second kappa shape index (κ2) is 4.80. The first-order valence-electron chi connectivity index (χ1n) is 6.74. The van der Waals surface area contributed by atoms with E-state index in [1.54, 1.807) is 18.2 Å². The number of carbonyl (C=O) groups is 1. The molecule has 1 aliphatic rings. The molecule has 0 aromatic heterocycles. The zero-order valence-electron chi connectivity index (χ0n) is 12.4. The monoisotopic (exact) mass is 382 g/mol. The average Bonchev–Trinajstić information content (AvgIpc) is 2.66. The van der Waals surface area contributed by atoms with Crippen molar-refractivity contribution in [2.24, 2.45) is 0 Å². The number of carbonyl (C=O) groups excluding carboxylic acids is 1. The molecule has 1 heterocycles. The third-order valence-corrected chi connectivity index (χ3v) is 5.83. The van der Waals surface area contributed by atoms with Crippen molar-refractivity contribution >= 4 is 42.5 Å². The van der Waals surface area contributed by atoms with Gasteiger partial charge in [-0.05, 0) is 48.4 Å². The highest BCUT2D eigenvalue weighted by Crippen LogP contribution is 2.44. The predicted molar refractivity (Wildman–Crippen MR) is 88.3 cm³/mol. The lowest BCUT2D eigenvalue weighted by Gasteiger charge is -2.17. The number of esters is 1. The Hall–Kier alpha value is -1.40. The van der Waals surface area contributed by atoms with E-state index in [-0.39, 0.29) is 5.97 Å². The summed E-state index contributed by atoms with van der Waals surface area (Å²) in [6, 6.07) is 7.02. The van der Waals surface area contributed by atoms with Gasteiger partial charge >= 0.3 is 5.97 Å². The summed E-state index contributed by atoms with van der Waals surface area (Å²) in [7, 11) is -3.32. The molecule has 3 rings (SSSR count). The van der Waals surface area contributed by atoms with Gasteiger partial charge in [0.25, 0.3) is 0 Å². The first-order chi connectivity index (χ1) is 10.2. The van der Waals surface area contributed by atoms with E-state index in [9.17, 15) is 13.2 Å². The summed E-state index contributed by atoms with van der Waals surface area (Å²) in [5.74, 6) is 0.262. The summed E-state index contributed by atoms with van der Waals surface area (Å²) in [6.45, 7) is 3.64. The van der Waals surface area contributed by atoms with Crippen LogP contribution in [0.4, 0.5) is 0 Å². The van der Waals surface area contributed by atoms with Gasteiger partial charge in [0.05, 0.1) is 10.3 Å². The second-order valence-corrected chi connectivity index (χ2v) is 8.58. The van der Waals surface area contributed by atoms with Crippen LogP contribution in [0.1, 0.15) is 25.0 Å². The van der Waals surface area contributed by atoms with Gasteiger partial charge in [0, 0.05) is 17.1 Å². The Morgan fingerprint density at radius 2 is 1.91 bits per heavy atom. The summed E-state index contributed by atoms with van der Waals surface area (Å²) in [4.78, 5) is 12.4.